The van der Waals surface area contributed by atoms with E-state index in [0.29, 0.717) is 12.8 Å². The van der Waals surface area contributed by atoms with Crippen LogP contribution in [0.1, 0.15) is 41.6 Å². The van der Waals surface area contributed by atoms with Crippen molar-refractivity contribution in [1.29, 1.82) is 5.41 Å². The monoisotopic (exact) mass is 310 g/mol. The largest absolute Gasteiger partial charge is 0.504 e. The Morgan fingerprint density at radius 1 is 1.32 bits per heavy atom. The van der Waals surface area contributed by atoms with E-state index < -0.39 is 12.6 Å². The van der Waals surface area contributed by atoms with Crippen molar-refractivity contribution in [2.24, 2.45) is 5.73 Å². The summed E-state index contributed by atoms with van der Waals surface area (Å²) >= 11 is 0. The number of carbonyl (C=O) groups is 1. The number of nitrogens with one attached hydrogen (secondary N) is 1. The first-order valence-corrected chi connectivity index (χ1v) is 7.00. The van der Waals surface area contributed by atoms with Gasteiger partial charge in [-0.2, -0.15) is 0 Å². The van der Waals surface area contributed by atoms with E-state index in [2.05, 4.69) is 0 Å². The van der Waals surface area contributed by atoms with Gasteiger partial charge in [0.05, 0.1) is 31.7 Å². The van der Waals surface area contributed by atoms with E-state index in [-0.39, 0.29) is 35.1 Å². The van der Waals surface area contributed by atoms with Crippen LogP contribution in [0.15, 0.2) is 12.1 Å². The number of esters is 1. The van der Waals surface area contributed by atoms with Gasteiger partial charge in [0, 0.05) is 12.0 Å². The van der Waals surface area contributed by atoms with Crippen LogP contribution in [0.4, 0.5) is 0 Å². The van der Waals surface area contributed by atoms with Gasteiger partial charge in [-0.15, -0.1) is 0 Å². The highest BCUT2D eigenvalue weighted by Crippen LogP contribution is 2.31. The van der Waals surface area contributed by atoms with Crippen molar-refractivity contribution in [3.63, 3.8) is 0 Å². The molecule has 0 aliphatic rings. The van der Waals surface area contributed by atoms with E-state index in [0.717, 1.165) is 12.8 Å². The molecule has 0 amide bonds. The number of aliphatic hydroxyl groups is 1. The van der Waals surface area contributed by atoms with Crippen LogP contribution < -0.4 is 10.5 Å². The van der Waals surface area contributed by atoms with Gasteiger partial charge in [-0.3, -0.25) is 5.41 Å². The zero-order valence-corrected chi connectivity index (χ0v) is 12.6. The van der Waals surface area contributed by atoms with E-state index in [1.54, 1.807) is 0 Å². The number of carbonyl (C=O) groups excluding carboxylic acids is 1. The zero-order valence-electron chi connectivity index (χ0n) is 12.6. The van der Waals surface area contributed by atoms with Gasteiger partial charge in [0.1, 0.15) is 0 Å². The molecule has 0 aromatic heterocycles. The van der Waals surface area contributed by atoms with Crippen LogP contribution in [0.25, 0.3) is 0 Å². The number of amidine groups is 1. The molecule has 0 spiro atoms. The van der Waals surface area contributed by atoms with E-state index in [1.165, 1.54) is 19.2 Å². The van der Waals surface area contributed by atoms with Crippen molar-refractivity contribution < 1.29 is 24.5 Å². The number of phenols is 1. The van der Waals surface area contributed by atoms with Gasteiger partial charge in [-0.05, 0) is 31.4 Å². The summed E-state index contributed by atoms with van der Waals surface area (Å²) in [5.74, 6) is -0.463. The standard InChI is InChI=1S/C15H22N2O5/c1-21-12-8-10(7-11(9-18)14(12)19)15(20)22-6-4-2-3-5-13(16)17/h7-8,18-19H,2-6,9H2,1H3,(H3,16,17). The zero-order chi connectivity index (χ0) is 16.5. The summed E-state index contributed by atoms with van der Waals surface area (Å²) in [5, 5.41) is 26.0. The van der Waals surface area contributed by atoms with Crippen LogP contribution in [0.3, 0.4) is 0 Å². The molecule has 0 aliphatic heterocycles. The number of ether oxygens (including phenoxy) is 2. The first-order chi connectivity index (χ1) is 10.5. The number of aromatic hydroxyl groups is 1. The van der Waals surface area contributed by atoms with Crippen LogP contribution in [0, 0.1) is 5.41 Å². The Bertz CT molecular complexity index is 506. The molecule has 0 aliphatic carbocycles. The number of benzene rings is 1. The first-order valence-electron chi connectivity index (χ1n) is 7.00. The van der Waals surface area contributed by atoms with Gasteiger partial charge < -0.3 is 25.4 Å². The van der Waals surface area contributed by atoms with Crippen molar-refractivity contribution in [2.75, 3.05) is 13.7 Å². The average Bonchev–Trinajstić information content (AvgIpc) is 2.50. The molecule has 7 nitrogen and oxygen atoms in total. The van der Waals surface area contributed by atoms with E-state index in [1.807, 2.05) is 0 Å². The van der Waals surface area contributed by atoms with Crippen LogP contribution in [-0.4, -0.2) is 35.7 Å². The molecule has 0 saturated heterocycles. The number of rotatable bonds is 9. The predicted octanol–water partition coefficient (Wildman–Crippen LogP) is 1.55. The van der Waals surface area contributed by atoms with Crippen molar-refractivity contribution in [1.82, 2.24) is 0 Å². The molecular weight excluding hydrogens is 288 g/mol. The Kier molecular flexibility index (Phi) is 7.18. The highest BCUT2D eigenvalue weighted by Gasteiger charge is 2.15. The van der Waals surface area contributed by atoms with E-state index >= 15 is 0 Å². The van der Waals surface area contributed by atoms with E-state index in [4.69, 9.17) is 25.7 Å². The minimum absolute atomic E-state index is 0.111. The van der Waals surface area contributed by atoms with Crippen molar-refractivity contribution in [2.45, 2.75) is 32.3 Å². The molecule has 0 fully saturated rings. The summed E-state index contributed by atoms with van der Waals surface area (Å²) in [6.45, 7) is -0.150. The molecule has 0 saturated carbocycles. The van der Waals surface area contributed by atoms with Crippen LogP contribution in [0.5, 0.6) is 11.5 Å². The van der Waals surface area contributed by atoms with Crippen molar-refractivity contribution >= 4 is 11.8 Å². The topological polar surface area (TPSA) is 126 Å². The van der Waals surface area contributed by atoms with Crippen LogP contribution in [-0.2, 0) is 11.3 Å². The molecule has 7 heteroatoms. The third-order valence-electron chi connectivity index (χ3n) is 3.10. The molecule has 0 radical (unpaired) electrons. The Labute approximate surface area is 129 Å². The average molecular weight is 310 g/mol. The maximum Gasteiger partial charge on any atom is 0.338 e. The summed E-state index contributed by atoms with van der Waals surface area (Å²) in [6.07, 6.45) is 2.83. The molecule has 0 heterocycles. The van der Waals surface area contributed by atoms with Gasteiger partial charge >= 0.3 is 5.97 Å². The second kappa shape index (κ2) is 8.89. The lowest BCUT2D eigenvalue weighted by atomic mass is 10.1. The number of methoxy groups -OCH3 is 1. The van der Waals surface area contributed by atoms with E-state index in [9.17, 15) is 9.90 Å². The summed E-state index contributed by atoms with van der Waals surface area (Å²) in [6, 6.07) is 2.74. The summed E-state index contributed by atoms with van der Waals surface area (Å²) in [4.78, 5) is 11.9. The lowest BCUT2D eigenvalue weighted by Crippen LogP contribution is -2.09. The fourth-order valence-electron chi connectivity index (χ4n) is 1.90. The maximum atomic E-state index is 11.9. The fraction of sp³-hybridized carbons (Fsp3) is 0.467. The molecular formula is C15H22N2O5. The summed E-state index contributed by atoms with van der Waals surface area (Å²) in [5.41, 5.74) is 5.66. The summed E-state index contributed by atoms with van der Waals surface area (Å²) in [7, 11) is 1.36. The van der Waals surface area contributed by atoms with Gasteiger partial charge in [0.25, 0.3) is 0 Å². The Balaban J connectivity index is 2.53. The van der Waals surface area contributed by atoms with Crippen molar-refractivity contribution in [3.8, 4) is 11.5 Å². The SMILES string of the molecule is COc1cc(C(=O)OCCCCCC(=N)N)cc(CO)c1O. The summed E-state index contributed by atoms with van der Waals surface area (Å²) < 4.78 is 10.1. The minimum Gasteiger partial charge on any atom is -0.504 e. The molecule has 0 bridgehead atoms. The Hall–Kier alpha value is -2.28. The number of aliphatic hydroxyl groups excluding tert-OH is 1. The molecule has 0 atom stereocenters. The molecule has 122 valence electrons. The van der Waals surface area contributed by atoms with Gasteiger partial charge in [-0.25, -0.2) is 4.79 Å². The highest BCUT2D eigenvalue weighted by molar-refractivity contribution is 5.90. The van der Waals surface area contributed by atoms with Gasteiger partial charge in [0.2, 0.25) is 0 Å². The lowest BCUT2D eigenvalue weighted by Gasteiger charge is -2.10. The number of nitrogens with two attached hydrogens (primary N) is 1. The molecule has 22 heavy (non-hydrogen) atoms. The predicted molar refractivity (Wildman–Crippen MR) is 81.2 cm³/mol. The van der Waals surface area contributed by atoms with Crippen LogP contribution in [0.2, 0.25) is 0 Å². The van der Waals surface area contributed by atoms with Crippen molar-refractivity contribution in [3.05, 3.63) is 23.3 Å². The number of hydrogen-bond donors (Lipinski definition) is 4. The van der Waals surface area contributed by atoms with Gasteiger partial charge in [0.15, 0.2) is 11.5 Å². The normalized spacial score (nSPS) is 10.3. The van der Waals surface area contributed by atoms with Crippen LogP contribution >= 0.6 is 0 Å². The number of hydrogen-bond acceptors (Lipinski definition) is 6. The quantitative estimate of drug-likeness (QED) is 0.237. The number of unbranched alkanes of at least 4 members (excludes halogenated alkanes) is 2. The maximum absolute atomic E-state index is 11.9. The third kappa shape index (κ3) is 5.25. The molecule has 1 aromatic rings. The molecule has 5 N–H and O–H groups in total. The lowest BCUT2D eigenvalue weighted by molar-refractivity contribution is 0.0497. The molecule has 1 aromatic carbocycles. The molecule has 1 rings (SSSR count). The third-order valence-corrected chi connectivity index (χ3v) is 3.10. The first kappa shape index (κ1) is 17.8. The minimum atomic E-state index is -0.542. The Morgan fingerprint density at radius 3 is 2.64 bits per heavy atom. The molecule has 0 unspecified atom stereocenters. The fourth-order valence-corrected chi connectivity index (χ4v) is 1.90. The Morgan fingerprint density at radius 2 is 2.05 bits per heavy atom. The second-order valence-corrected chi connectivity index (χ2v) is 4.82. The second-order valence-electron chi connectivity index (χ2n) is 4.82. The highest BCUT2D eigenvalue weighted by atomic mass is 16.5. The van der Waals surface area contributed by atoms with Gasteiger partial charge in [-0.1, -0.05) is 0 Å². The smallest absolute Gasteiger partial charge is 0.338 e.